The van der Waals surface area contributed by atoms with Crippen LogP contribution >= 0.6 is 0 Å². The largest absolute Gasteiger partial charge is 0.496 e. The number of carbonyl (C=O) groups excluding carboxylic acids is 1. The Morgan fingerprint density at radius 2 is 2.06 bits per heavy atom. The van der Waals surface area contributed by atoms with E-state index in [-0.39, 0.29) is 11.4 Å². The second kappa shape index (κ2) is 8.26. The third-order valence-corrected chi connectivity index (χ3v) is 5.02. The summed E-state index contributed by atoms with van der Waals surface area (Å²) in [5.41, 5.74) is 2.22. The number of carbonyl (C=O) groups is 1. The highest BCUT2D eigenvalue weighted by Gasteiger charge is 2.34. The van der Waals surface area contributed by atoms with Gasteiger partial charge in [0.1, 0.15) is 29.7 Å². The number of fused-ring (bicyclic) bond motifs is 1. The number of methoxy groups -OCH3 is 1. The van der Waals surface area contributed by atoms with Gasteiger partial charge in [-0.3, -0.25) is 4.79 Å². The topological polar surface area (TPSA) is 75.5 Å². The molecule has 0 atom stereocenters. The molecule has 4 rings (SSSR count). The van der Waals surface area contributed by atoms with Gasteiger partial charge in [-0.2, -0.15) is 5.10 Å². The fourth-order valence-electron chi connectivity index (χ4n) is 3.72. The van der Waals surface area contributed by atoms with Crippen molar-refractivity contribution < 1.29 is 19.0 Å². The number of ether oxygens (including phenoxy) is 3. The van der Waals surface area contributed by atoms with Crippen molar-refractivity contribution in [3.63, 3.8) is 0 Å². The Kier molecular flexibility index (Phi) is 5.50. The van der Waals surface area contributed by atoms with Crippen LogP contribution in [0, 0.1) is 0 Å². The number of ketones is 1. The summed E-state index contributed by atoms with van der Waals surface area (Å²) in [4.78, 5) is 17.7. The normalized spacial score (nSPS) is 14.6. The Hall–Kier alpha value is -3.61. The van der Waals surface area contributed by atoms with Crippen molar-refractivity contribution in [2.45, 2.75) is 32.8 Å². The first-order valence-corrected chi connectivity index (χ1v) is 10.1. The quantitative estimate of drug-likeness (QED) is 0.420. The SMILES string of the molecule is CCOc1cc(C(=O)/C(=C/c2ccccc2OC)n2cncn2)cc2c1OC(C)(C)C2. The molecule has 7 nitrogen and oxygen atoms in total. The molecule has 0 radical (unpaired) electrons. The van der Waals surface area contributed by atoms with Gasteiger partial charge in [0, 0.05) is 23.1 Å². The van der Waals surface area contributed by atoms with Crippen molar-refractivity contribution in [3.8, 4) is 17.2 Å². The molecule has 0 fully saturated rings. The fourth-order valence-corrected chi connectivity index (χ4v) is 3.72. The highest BCUT2D eigenvalue weighted by atomic mass is 16.5. The molecule has 3 aromatic rings. The van der Waals surface area contributed by atoms with Crippen LogP contribution in [0.15, 0.2) is 49.1 Å². The number of para-hydroxylation sites is 1. The van der Waals surface area contributed by atoms with Crippen LogP contribution in [-0.4, -0.2) is 39.9 Å². The van der Waals surface area contributed by atoms with Crippen molar-refractivity contribution in [1.82, 2.24) is 14.8 Å². The minimum Gasteiger partial charge on any atom is -0.496 e. The highest BCUT2D eigenvalue weighted by molar-refractivity contribution is 6.28. The summed E-state index contributed by atoms with van der Waals surface area (Å²) in [6.07, 6.45) is 5.35. The van der Waals surface area contributed by atoms with E-state index in [0.29, 0.717) is 41.5 Å². The van der Waals surface area contributed by atoms with E-state index in [1.54, 1.807) is 19.3 Å². The Bertz CT molecular complexity index is 1130. The van der Waals surface area contributed by atoms with Gasteiger partial charge in [0.15, 0.2) is 11.5 Å². The number of rotatable bonds is 7. The van der Waals surface area contributed by atoms with Gasteiger partial charge in [0.2, 0.25) is 5.78 Å². The molecule has 0 saturated carbocycles. The van der Waals surface area contributed by atoms with E-state index in [1.165, 1.54) is 17.3 Å². The molecular weight excluding hydrogens is 394 g/mol. The maximum Gasteiger partial charge on any atom is 0.211 e. The molecular formula is C24H25N3O4. The van der Waals surface area contributed by atoms with Gasteiger partial charge in [0.25, 0.3) is 0 Å². The lowest BCUT2D eigenvalue weighted by molar-refractivity contribution is 0.105. The lowest BCUT2D eigenvalue weighted by Crippen LogP contribution is -2.24. The third-order valence-electron chi connectivity index (χ3n) is 5.02. The molecule has 0 aliphatic carbocycles. The average Bonchev–Trinajstić information content (AvgIpc) is 3.38. The Labute approximate surface area is 181 Å². The molecule has 0 amide bonds. The zero-order valence-corrected chi connectivity index (χ0v) is 18.1. The van der Waals surface area contributed by atoms with Crippen LogP contribution in [0.3, 0.4) is 0 Å². The monoisotopic (exact) mass is 419 g/mol. The number of benzene rings is 2. The molecule has 2 aromatic carbocycles. The van der Waals surface area contributed by atoms with Crippen molar-refractivity contribution in [2.24, 2.45) is 0 Å². The van der Waals surface area contributed by atoms with Gasteiger partial charge in [0.05, 0.1) is 13.7 Å². The predicted octanol–water partition coefficient (Wildman–Crippen LogP) is 4.28. The van der Waals surface area contributed by atoms with Gasteiger partial charge in [-0.25, -0.2) is 9.67 Å². The number of aromatic nitrogens is 3. The van der Waals surface area contributed by atoms with Gasteiger partial charge < -0.3 is 14.2 Å². The van der Waals surface area contributed by atoms with Crippen molar-refractivity contribution >= 4 is 17.6 Å². The third kappa shape index (κ3) is 4.17. The van der Waals surface area contributed by atoms with Crippen LogP contribution in [0.4, 0.5) is 0 Å². The minimum absolute atomic E-state index is 0.204. The molecule has 7 heteroatoms. The molecule has 31 heavy (non-hydrogen) atoms. The maximum absolute atomic E-state index is 13.7. The van der Waals surface area contributed by atoms with E-state index in [4.69, 9.17) is 14.2 Å². The molecule has 2 heterocycles. The summed E-state index contributed by atoms with van der Waals surface area (Å²) in [6, 6.07) is 11.1. The number of hydrogen-bond donors (Lipinski definition) is 0. The van der Waals surface area contributed by atoms with Crippen LogP contribution in [0.5, 0.6) is 17.2 Å². The molecule has 1 aromatic heterocycles. The van der Waals surface area contributed by atoms with Gasteiger partial charge in [-0.05, 0) is 45.0 Å². The zero-order valence-electron chi connectivity index (χ0n) is 18.1. The molecule has 0 unspecified atom stereocenters. The Morgan fingerprint density at radius 1 is 1.26 bits per heavy atom. The first-order chi connectivity index (χ1) is 14.9. The molecule has 1 aliphatic rings. The Balaban J connectivity index is 1.82. The van der Waals surface area contributed by atoms with E-state index in [1.807, 2.05) is 51.1 Å². The lowest BCUT2D eigenvalue weighted by Gasteiger charge is -2.18. The molecule has 0 spiro atoms. The van der Waals surface area contributed by atoms with Gasteiger partial charge in [-0.1, -0.05) is 18.2 Å². The van der Waals surface area contributed by atoms with Crippen LogP contribution < -0.4 is 14.2 Å². The number of nitrogens with zero attached hydrogens (tertiary/aromatic N) is 3. The second-order valence-corrected chi connectivity index (χ2v) is 7.87. The maximum atomic E-state index is 13.7. The number of hydrogen-bond acceptors (Lipinski definition) is 6. The van der Waals surface area contributed by atoms with E-state index in [9.17, 15) is 4.79 Å². The van der Waals surface area contributed by atoms with E-state index in [0.717, 1.165) is 11.1 Å². The van der Waals surface area contributed by atoms with Gasteiger partial charge >= 0.3 is 0 Å². The van der Waals surface area contributed by atoms with Gasteiger partial charge in [-0.15, -0.1) is 0 Å². The zero-order chi connectivity index (χ0) is 22.0. The first-order valence-electron chi connectivity index (χ1n) is 10.1. The van der Waals surface area contributed by atoms with Crippen LogP contribution in [0.2, 0.25) is 0 Å². The summed E-state index contributed by atoms with van der Waals surface area (Å²) in [5, 5.41) is 4.19. The summed E-state index contributed by atoms with van der Waals surface area (Å²) in [5.74, 6) is 1.74. The summed E-state index contributed by atoms with van der Waals surface area (Å²) < 4.78 is 18.8. The molecule has 160 valence electrons. The van der Waals surface area contributed by atoms with Crippen molar-refractivity contribution in [3.05, 3.63) is 65.7 Å². The summed E-state index contributed by atoms with van der Waals surface area (Å²) in [7, 11) is 1.60. The lowest BCUT2D eigenvalue weighted by atomic mass is 9.97. The highest BCUT2D eigenvalue weighted by Crippen LogP contribution is 2.43. The smallest absolute Gasteiger partial charge is 0.211 e. The summed E-state index contributed by atoms with van der Waals surface area (Å²) in [6.45, 7) is 6.42. The van der Waals surface area contributed by atoms with Crippen LogP contribution in [0.1, 0.15) is 42.3 Å². The van der Waals surface area contributed by atoms with Crippen LogP contribution in [-0.2, 0) is 6.42 Å². The van der Waals surface area contributed by atoms with E-state index >= 15 is 0 Å². The number of Topliss-reactive ketones (excluding diaryl/α,β-unsaturated/α-hetero) is 1. The fraction of sp³-hybridized carbons (Fsp3) is 0.292. The summed E-state index contributed by atoms with van der Waals surface area (Å²) >= 11 is 0. The van der Waals surface area contributed by atoms with E-state index < -0.39 is 0 Å². The van der Waals surface area contributed by atoms with Crippen molar-refractivity contribution in [2.75, 3.05) is 13.7 Å². The van der Waals surface area contributed by atoms with Crippen LogP contribution in [0.25, 0.3) is 11.8 Å². The molecule has 0 bridgehead atoms. The van der Waals surface area contributed by atoms with E-state index in [2.05, 4.69) is 10.1 Å². The molecule has 0 N–H and O–H groups in total. The average molecular weight is 419 g/mol. The first kappa shape index (κ1) is 20.7. The molecule has 0 saturated heterocycles. The standard InChI is InChI=1S/C24H25N3O4/c1-5-30-21-12-17(10-18-13-24(2,3)31-23(18)21)22(28)19(27-15-25-14-26-27)11-16-8-6-7-9-20(16)29-4/h6-12,14-15H,5,13H2,1-4H3/b19-11-. The molecule has 1 aliphatic heterocycles. The predicted molar refractivity (Wildman–Crippen MR) is 118 cm³/mol. The Morgan fingerprint density at radius 3 is 2.77 bits per heavy atom. The van der Waals surface area contributed by atoms with Crippen molar-refractivity contribution in [1.29, 1.82) is 0 Å². The second-order valence-electron chi connectivity index (χ2n) is 7.87. The number of allylic oxidation sites excluding steroid dienone is 1. The minimum atomic E-state index is -0.349.